The molecule has 0 spiro atoms. The molecule has 0 bridgehead atoms. The van der Waals surface area contributed by atoms with Gasteiger partial charge >= 0.3 is 0 Å². The number of carbonyl (C=O) groups is 2. The highest BCUT2D eigenvalue weighted by atomic mass is 35.5. The van der Waals surface area contributed by atoms with E-state index < -0.39 is 0 Å². The summed E-state index contributed by atoms with van der Waals surface area (Å²) in [6, 6.07) is 9.93. The fraction of sp³-hybridized carbons (Fsp3) is 0.222. The smallest absolute Gasteiger partial charge is 0.238 e. The van der Waals surface area contributed by atoms with Crippen LogP contribution in [0.1, 0.15) is 0 Å². The van der Waals surface area contributed by atoms with Crippen LogP contribution in [0, 0.1) is 0 Å². The molecular weight excluding hydrogens is 413 g/mol. The van der Waals surface area contributed by atoms with Crippen molar-refractivity contribution in [2.24, 2.45) is 0 Å². The highest BCUT2D eigenvalue weighted by Crippen LogP contribution is 2.32. The molecule has 2 amide bonds. The summed E-state index contributed by atoms with van der Waals surface area (Å²) in [5.74, 6) is 0.0390. The Bertz CT molecular complexity index is 846. The number of anilines is 2. The molecule has 0 aromatic heterocycles. The second-order valence-corrected chi connectivity index (χ2v) is 6.97. The highest BCUT2D eigenvalue weighted by molar-refractivity contribution is 6.44. The lowest BCUT2D eigenvalue weighted by atomic mass is 10.3. The summed E-state index contributed by atoms with van der Waals surface area (Å²) in [5.41, 5.74) is 0.963. The van der Waals surface area contributed by atoms with E-state index in [4.69, 9.17) is 39.5 Å². The number of nitrogens with zero attached hydrogens (tertiary/aromatic N) is 1. The van der Waals surface area contributed by atoms with Crippen molar-refractivity contribution < 1.29 is 14.3 Å². The fourth-order valence-electron chi connectivity index (χ4n) is 2.26. The summed E-state index contributed by atoms with van der Waals surface area (Å²) in [7, 11) is 3.20. The standard InChI is InChI=1S/C18H18Cl3N3O3/c1-24(9-17(25)22-11-4-3-5-12(6-11)27-2)10-18(26)23-16-8-14(20)13(19)7-15(16)21/h3-8H,9-10H2,1-2H3,(H,22,25)(H,23,26). The molecule has 144 valence electrons. The van der Waals surface area contributed by atoms with E-state index in [1.807, 2.05) is 0 Å². The van der Waals surface area contributed by atoms with Crippen LogP contribution in [0.25, 0.3) is 0 Å². The third-order valence-electron chi connectivity index (χ3n) is 3.46. The summed E-state index contributed by atoms with van der Waals surface area (Å²) in [6.45, 7) is 0.0157. The third-order valence-corrected chi connectivity index (χ3v) is 4.50. The Labute approximate surface area is 172 Å². The molecule has 0 aliphatic carbocycles. The Morgan fingerprint density at radius 3 is 2.26 bits per heavy atom. The predicted molar refractivity (Wildman–Crippen MR) is 109 cm³/mol. The van der Waals surface area contributed by atoms with E-state index in [2.05, 4.69) is 10.6 Å². The van der Waals surface area contributed by atoms with E-state index in [1.165, 1.54) is 12.1 Å². The molecule has 2 rings (SSSR count). The van der Waals surface area contributed by atoms with Gasteiger partial charge in [-0.25, -0.2) is 0 Å². The minimum Gasteiger partial charge on any atom is -0.497 e. The first-order valence-corrected chi connectivity index (χ1v) is 8.98. The first-order valence-electron chi connectivity index (χ1n) is 7.85. The predicted octanol–water partition coefficient (Wildman–Crippen LogP) is 4.16. The van der Waals surface area contributed by atoms with E-state index >= 15 is 0 Å². The number of benzene rings is 2. The van der Waals surface area contributed by atoms with Gasteiger partial charge in [-0.3, -0.25) is 14.5 Å². The van der Waals surface area contributed by atoms with Crippen molar-refractivity contribution in [3.05, 3.63) is 51.5 Å². The number of hydrogen-bond donors (Lipinski definition) is 2. The Balaban J connectivity index is 1.87. The van der Waals surface area contributed by atoms with E-state index in [9.17, 15) is 9.59 Å². The van der Waals surface area contributed by atoms with Gasteiger partial charge in [-0.2, -0.15) is 0 Å². The van der Waals surface area contributed by atoms with E-state index in [1.54, 1.807) is 43.3 Å². The number of amides is 2. The maximum atomic E-state index is 12.2. The molecule has 0 radical (unpaired) electrons. The lowest BCUT2D eigenvalue weighted by molar-refractivity contribution is -0.119. The summed E-state index contributed by atoms with van der Waals surface area (Å²) in [6.07, 6.45) is 0. The van der Waals surface area contributed by atoms with Gasteiger partial charge in [0.15, 0.2) is 0 Å². The van der Waals surface area contributed by atoms with Crippen LogP contribution in [-0.4, -0.2) is 44.0 Å². The number of rotatable bonds is 7. The molecular formula is C18H18Cl3N3O3. The lowest BCUT2D eigenvalue weighted by Gasteiger charge is -2.16. The average molecular weight is 431 g/mol. The SMILES string of the molecule is COc1cccc(NC(=O)CN(C)CC(=O)Nc2cc(Cl)c(Cl)cc2Cl)c1. The van der Waals surface area contributed by atoms with Crippen LogP contribution in [-0.2, 0) is 9.59 Å². The molecule has 0 saturated heterocycles. The minimum absolute atomic E-state index is 0.0118. The van der Waals surface area contributed by atoms with Gasteiger partial charge in [0, 0.05) is 11.8 Å². The quantitative estimate of drug-likeness (QED) is 0.647. The number of likely N-dealkylation sites (N-methyl/N-ethyl adjacent to an activating group) is 1. The number of halogens is 3. The maximum absolute atomic E-state index is 12.2. The summed E-state index contributed by atoms with van der Waals surface area (Å²) in [5, 5.41) is 6.24. The number of nitrogens with one attached hydrogen (secondary N) is 2. The Kier molecular flexibility index (Phi) is 7.74. The van der Waals surface area contributed by atoms with Crippen molar-refractivity contribution in [2.45, 2.75) is 0 Å². The van der Waals surface area contributed by atoms with E-state index in [0.29, 0.717) is 22.1 Å². The van der Waals surface area contributed by atoms with E-state index in [-0.39, 0.29) is 34.9 Å². The molecule has 0 fully saturated rings. The van der Waals surface area contributed by atoms with Crippen molar-refractivity contribution in [3.63, 3.8) is 0 Å². The van der Waals surface area contributed by atoms with Gasteiger partial charge in [-0.15, -0.1) is 0 Å². The molecule has 0 unspecified atom stereocenters. The minimum atomic E-state index is -0.341. The number of methoxy groups -OCH3 is 1. The Morgan fingerprint density at radius 2 is 1.59 bits per heavy atom. The highest BCUT2D eigenvalue weighted by Gasteiger charge is 2.14. The first-order chi connectivity index (χ1) is 12.8. The van der Waals surface area contributed by atoms with Gasteiger partial charge in [0.25, 0.3) is 0 Å². The van der Waals surface area contributed by atoms with Crippen molar-refractivity contribution in [3.8, 4) is 5.75 Å². The van der Waals surface area contributed by atoms with Crippen molar-refractivity contribution in [1.29, 1.82) is 0 Å². The van der Waals surface area contributed by atoms with E-state index in [0.717, 1.165) is 0 Å². The largest absolute Gasteiger partial charge is 0.497 e. The Hall–Kier alpha value is -1.99. The van der Waals surface area contributed by atoms with Gasteiger partial charge in [0.2, 0.25) is 11.8 Å². The monoisotopic (exact) mass is 429 g/mol. The van der Waals surface area contributed by atoms with Crippen LogP contribution < -0.4 is 15.4 Å². The molecule has 0 aliphatic heterocycles. The molecule has 0 aliphatic rings. The lowest BCUT2D eigenvalue weighted by Crippen LogP contribution is -2.36. The van der Waals surface area contributed by atoms with Crippen molar-refractivity contribution in [2.75, 3.05) is 37.9 Å². The van der Waals surface area contributed by atoms with Gasteiger partial charge < -0.3 is 15.4 Å². The fourth-order valence-corrected chi connectivity index (χ4v) is 2.85. The molecule has 27 heavy (non-hydrogen) atoms. The van der Waals surface area contributed by atoms with Gasteiger partial charge in [0.05, 0.1) is 41.0 Å². The maximum Gasteiger partial charge on any atom is 0.238 e. The number of hydrogen-bond acceptors (Lipinski definition) is 4. The topological polar surface area (TPSA) is 70.7 Å². The zero-order chi connectivity index (χ0) is 20.0. The second kappa shape index (κ2) is 9.80. The number of ether oxygens (including phenoxy) is 1. The van der Waals surface area contributed by atoms with Gasteiger partial charge in [0.1, 0.15) is 5.75 Å². The van der Waals surface area contributed by atoms with Gasteiger partial charge in [-0.05, 0) is 31.3 Å². The Morgan fingerprint density at radius 1 is 0.963 bits per heavy atom. The van der Waals surface area contributed by atoms with Crippen molar-refractivity contribution in [1.82, 2.24) is 4.90 Å². The molecule has 2 aromatic carbocycles. The third kappa shape index (κ3) is 6.59. The van der Waals surface area contributed by atoms with Crippen LogP contribution in [0.15, 0.2) is 36.4 Å². The molecule has 0 saturated carbocycles. The molecule has 2 aromatic rings. The molecule has 0 atom stereocenters. The van der Waals surface area contributed by atoms with Crippen LogP contribution in [0.5, 0.6) is 5.75 Å². The zero-order valence-electron chi connectivity index (χ0n) is 14.7. The molecule has 6 nitrogen and oxygen atoms in total. The second-order valence-electron chi connectivity index (χ2n) is 5.75. The molecule has 0 heterocycles. The van der Waals surface area contributed by atoms with Crippen LogP contribution in [0.2, 0.25) is 15.1 Å². The average Bonchev–Trinajstić information content (AvgIpc) is 2.59. The van der Waals surface area contributed by atoms with Crippen LogP contribution in [0.4, 0.5) is 11.4 Å². The molecule has 2 N–H and O–H groups in total. The van der Waals surface area contributed by atoms with Crippen molar-refractivity contribution >= 4 is 58.0 Å². The normalized spacial score (nSPS) is 10.6. The summed E-state index contributed by atoms with van der Waals surface area (Å²) < 4.78 is 5.11. The van der Waals surface area contributed by atoms with Crippen LogP contribution >= 0.6 is 34.8 Å². The molecule has 9 heteroatoms. The summed E-state index contributed by atoms with van der Waals surface area (Å²) in [4.78, 5) is 25.8. The zero-order valence-corrected chi connectivity index (χ0v) is 17.0. The van der Waals surface area contributed by atoms with Crippen LogP contribution in [0.3, 0.4) is 0 Å². The van der Waals surface area contributed by atoms with Gasteiger partial charge in [-0.1, -0.05) is 40.9 Å². The summed E-state index contributed by atoms with van der Waals surface area (Å²) >= 11 is 17.8. The first kappa shape index (κ1) is 21.3. The number of carbonyl (C=O) groups excluding carboxylic acids is 2.